The molecule has 2 aliphatic rings. The molecule has 0 aromatic rings. The Morgan fingerprint density at radius 1 is 0.594 bits per heavy atom. The molecule has 0 spiro atoms. The summed E-state index contributed by atoms with van der Waals surface area (Å²) in [4.78, 5) is 0. The number of hydrogen-bond acceptors (Lipinski definition) is 5. The molecule has 5 atom stereocenters. The normalized spacial score (nSPS) is 30.3. The van der Waals surface area contributed by atoms with E-state index in [-0.39, 0.29) is 45.8 Å². The number of rotatable bonds is 7. The van der Waals surface area contributed by atoms with E-state index in [9.17, 15) is 0 Å². The summed E-state index contributed by atoms with van der Waals surface area (Å²) in [7, 11) is -6.00. The van der Waals surface area contributed by atoms with Crippen molar-refractivity contribution in [3.05, 3.63) is 0 Å². The molecule has 0 N–H and O–H groups in total. The van der Waals surface area contributed by atoms with Crippen LogP contribution in [0.3, 0.4) is 0 Å². The molecule has 32 heavy (non-hydrogen) atoms. The topological polar surface area (TPSA) is 49.5 Å². The van der Waals surface area contributed by atoms with E-state index in [0.717, 1.165) is 0 Å². The van der Waals surface area contributed by atoms with Crippen molar-refractivity contribution in [1.29, 1.82) is 0 Å². The summed E-state index contributed by atoms with van der Waals surface area (Å²) in [5.41, 5.74) is 0. The zero-order valence-corrected chi connectivity index (χ0v) is 26.6. The minimum Gasteiger partial charge on any atom is -0.414 e. The molecule has 5 nitrogen and oxygen atoms in total. The molecule has 8 heteroatoms. The number of hydrogen-bond donors (Lipinski definition) is 0. The van der Waals surface area contributed by atoms with Crippen molar-refractivity contribution >= 4 is 25.0 Å². The molecule has 0 radical (unpaired) electrons. The van der Waals surface area contributed by atoms with E-state index >= 15 is 0 Å². The minimum atomic E-state index is -2.06. The first-order valence-electron chi connectivity index (χ1n) is 12.3. The molecule has 0 aliphatic carbocycles. The van der Waals surface area contributed by atoms with Crippen molar-refractivity contribution in [3.63, 3.8) is 0 Å². The lowest BCUT2D eigenvalue weighted by atomic mass is 10.0. The Bertz CT molecular complexity index is 658. The second-order valence-corrected chi connectivity index (χ2v) is 28.7. The van der Waals surface area contributed by atoms with Gasteiger partial charge in [-0.15, -0.1) is 0 Å². The van der Waals surface area contributed by atoms with Crippen LogP contribution >= 0.6 is 0 Å². The van der Waals surface area contributed by atoms with Gasteiger partial charge in [0.15, 0.2) is 31.2 Å². The number of epoxide rings is 1. The van der Waals surface area contributed by atoms with E-state index in [0.29, 0.717) is 6.61 Å². The molecule has 0 amide bonds. The monoisotopic (exact) mass is 504 g/mol. The summed E-state index contributed by atoms with van der Waals surface area (Å²) in [6.45, 7) is 34.9. The first-order chi connectivity index (χ1) is 14.0. The summed E-state index contributed by atoms with van der Waals surface area (Å²) in [5, 5.41) is 0.359. The molecule has 0 bridgehead atoms. The Kier molecular flexibility index (Phi) is 7.92. The van der Waals surface area contributed by atoms with E-state index < -0.39 is 25.0 Å². The third-order valence-electron chi connectivity index (χ3n) is 8.69. The summed E-state index contributed by atoms with van der Waals surface area (Å²) in [6, 6.07) is 0. The van der Waals surface area contributed by atoms with Crippen LogP contribution in [0.25, 0.3) is 0 Å². The molecule has 0 aromatic carbocycles. The van der Waals surface area contributed by atoms with Crippen molar-refractivity contribution in [2.75, 3.05) is 6.61 Å². The SMILES string of the molecule is CC(C)(C)[Si](C)(C)OC[C@@H]1O[C@@H]2O[C@@H]2[C@H](O[Si](C)(C)C(C)(C)C)[C@H]1O[Si](C)(C)C(C)(C)C. The largest absolute Gasteiger partial charge is 0.414 e. The Hall–Kier alpha value is 0.451. The lowest BCUT2D eigenvalue weighted by molar-refractivity contribution is -0.133. The van der Waals surface area contributed by atoms with Crippen LogP contribution in [0.2, 0.25) is 54.4 Å². The van der Waals surface area contributed by atoms with E-state index in [1.54, 1.807) is 0 Å². The predicted octanol–water partition coefficient (Wildman–Crippen LogP) is 6.91. The average Bonchev–Trinajstić information content (AvgIpc) is 3.31. The Balaban J connectivity index is 2.35. The molecular formula is C24H52O5Si3. The third-order valence-corrected chi connectivity index (χ3v) is 22.1. The van der Waals surface area contributed by atoms with Crippen LogP contribution in [0.1, 0.15) is 62.3 Å². The molecule has 2 aliphatic heterocycles. The molecule has 0 aromatic heterocycles. The Morgan fingerprint density at radius 2 is 1.00 bits per heavy atom. The van der Waals surface area contributed by atoms with Gasteiger partial charge in [0.05, 0.1) is 6.61 Å². The second kappa shape index (κ2) is 8.84. The van der Waals surface area contributed by atoms with E-state index in [1.165, 1.54) is 0 Å². The molecular weight excluding hydrogens is 453 g/mol. The van der Waals surface area contributed by atoms with Crippen molar-refractivity contribution in [2.24, 2.45) is 0 Å². The van der Waals surface area contributed by atoms with Gasteiger partial charge < -0.3 is 22.8 Å². The number of ether oxygens (including phenoxy) is 2. The number of fused-ring (bicyclic) bond motifs is 1. The van der Waals surface area contributed by atoms with Crippen molar-refractivity contribution in [2.45, 2.75) is 147 Å². The van der Waals surface area contributed by atoms with Crippen LogP contribution in [0.15, 0.2) is 0 Å². The van der Waals surface area contributed by atoms with Crippen LogP contribution in [-0.4, -0.2) is 62.3 Å². The van der Waals surface area contributed by atoms with Crippen LogP contribution in [0.4, 0.5) is 0 Å². The molecule has 2 saturated heterocycles. The average molecular weight is 505 g/mol. The lowest BCUT2D eigenvalue weighted by Gasteiger charge is -2.48. The third kappa shape index (κ3) is 6.17. The van der Waals surface area contributed by atoms with E-state index in [1.807, 2.05) is 0 Å². The van der Waals surface area contributed by atoms with Crippen LogP contribution in [0, 0.1) is 0 Å². The highest BCUT2D eigenvalue weighted by atomic mass is 28.4. The standard InChI is InChI=1S/C24H52O5Si3/c1-22(2,3)30(10,11)25-16-17-18(28-31(12,13)23(4,5)6)19(20-21(26-17)27-20)29-32(14,15)24(7,8)9/h17-21H,16H2,1-15H3/t17-,18-,19+,20+,21+/m0/s1. The molecule has 2 fully saturated rings. The van der Waals surface area contributed by atoms with Gasteiger partial charge in [0, 0.05) is 0 Å². The van der Waals surface area contributed by atoms with Crippen molar-refractivity contribution in [1.82, 2.24) is 0 Å². The summed E-state index contributed by atoms with van der Waals surface area (Å²) in [5.74, 6) is 0. The summed E-state index contributed by atoms with van der Waals surface area (Å²) >= 11 is 0. The fourth-order valence-electron chi connectivity index (χ4n) is 3.05. The van der Waals surface area contributed by atoms with Crippen LogP contribution in [-0.2, 0) is 22.8 Å². The zero-order chi connectivity index (χ0) is 25.1. The van der Waals surface area contributed by atoms with Crippen molar-refractivity contribution < 1.29 is 22.8 Å². The van der Waals surface area contributed by atoms with Gasteiger partial charge in [0.2, 0.25) is 0 Å². The first-order valence-corrected chi connectivity index (χ1v) is 21.0. The quantitative estimate of drug-likeness (QED) is 0.278. The highest BCUT2D eigenvalue weighted by Gasteiger charge is 2.61. The van der Waals surface area contributed by atoms with Gasteiger partial charge in [-0.25, -0.2) is 0 Å². The molecule has 0 saturated carbocycles. The zero-order valence-electron chi connectivity index (χ0n) is 23.6. The van der Waals surface area contributed by atoms with Gasteiger partial charge >= 0.3 is 0 Å². The summed E-state index contributed by atoms with van der Waals surface area (Å²) < 4.78 is 33.0. The van der Waals surface area contributed by atoms with Gasteiger partial charge in [-0.3, -0.25) is 0 Å². The van der Waals surface area contributed by atoms with Gasteiger partial charge in [-0.1, -0.05) is 62.3 Å². The van der Waals surface area contributed by atoms with Gasteiger partial charge in [-0.05, 0) is 54.4 Å². The smallest absolute Gasteiger partial charge is 0.192 e. The Labute approximate surface area is 201 Å². The molecule has 2 rings (SSSR count). The van der Waals surface area contributed by atoms with Crippen molar-refractivity contribution in [3.8, 4) is 0 Å². The first kappa shape index (κ1) is 28.7. The fourth-order valence-corrected chi connectivity index (χ4v) is 6.69. The summed E-state index contributed by atoms with van der Waals surface area (Å²) in [6.07, 6.45) is -0.716. The highest BCUT2D eigenvalue weighted by molar-refractivity contribution is 6.75. The predicted molar refractivity (Wildman–Crippen MR) is 141 cm³/mol. The highest BCUT2D eigenvalue weighted by Crippen LogP contribution is 2.47. The molecule has 0 unspecified atom stereocenters. The maximum absolute atomic E-state index is 7.04. The maximum Gasteiger partial charge on any atom is 0.192 e. The van der Waals surface area contributed by atoms with Gasteiger partial charge in [0.1, 0.15) is 24.4 Å². The van der Waals surface area contributed by atoms with E-state index in [4.69, 9.17) is 22.8 Å². The second-order valence-electron chi connectivity index (χ2n) is 14.4. The van der Waals surface area contributed by atoms with Crippen LogP contribution < -0.4 is 0 Å². The minimum absolute atomic E-state index is 0.0389. The van der Waals surface area contributed by atoms with Gasteiger partial charge in [-0.2, -0.15) is 0 Å². The van der Waals surface area contributed by atoms with Crippen LogP contribution in [0.5, 0.6) is 0 Å². The Morgan fingerprint density at radius 3 is 1.41 bits per heavy atom. The molecule has 190 valence electrons. The van der Waals surface area contributed by atoms with E-state index in [2.05, 4.69) is 102 Å². The maximum atomic E-state index is 7.04. The fraction of sp³-hybridized carbons (Fsp3) is 1.00. The van der Waals surface area contributed by atoms with Gasteiger partial charge in [0.25, 0.3) is 0 Å². The molecule has 2 heterocycles. The lowest BCUT2D eigenvalue weighted by Crippen LogP contribution is -2.61.